The molecule has 4 heteroatoms. The zero-order valence-corrected chi connectivity index (χ0v) is 9.73. The van der Waals surface area contributed by atoms with E-state index in [0.29, 0.717) is 18.7 Å². The van der Waals surface area contributed by atoms with Crippen LogP contribution in [0.1, 0.15) is 25.3 Å². The van der Waals surface area contributed by atoms with Gasteiger partial charge in [-0.1, -0.05) is 6.92 Å². The first-order chi connectivity index (χ1) is 7.11. The van der Waals surface area contributed by atoms with E-state index in [4.69, 9.17) is 0 Å². The summed E-state index contributed by atoms with van der Waals surface area (Å²) in [5, 5.41) is 4.09. The average molecular weight is 209 g/mol. The molecule has 0 amide bonds. The van der Waals surface area contributed by atoms with Crippen molar-refractivity contribution >= 4 is 5.78 Å². The number of likely N-dealkylation sites (N-methyl/N-ethyl adjacent to an activating group) is 1. The molecule has 0 bridgehead atoms. The minimum atomic E-state index is 0.309. The highest BCUT2D eigenvalue weighted by molar-refractivity contribution is 5.80. The molecule has 0 N–H and O–H groups in total. The third-order valence-electron chi connectivity index (χ3n) is 2.19. The zero-order valence-electron chi connectivity index (χ0n) is 9.73. The Labute approximate surface area is 90.9 Å². The predicted octanol–water partition coefficient (Wildman–Crippen LogP) is 1.22. The van der Waals surface area contributed by atoms with Crippen LogP contribution in [0.15, 0.2) is 12.4 Å². The molecule has 84 valence electrons. The molecule has 1 rings (SSSR count). The highest BCUT2D eigenvalue weighted by Crippen LogP contribution is 2.01. The molecule has 1 aromatic rings. The van der Waals surface area contributed by atoms with Gasteiger partial charge in [-0.15, -0.1) is 0 Å². The minimum absolute atomic E-state index is 0.309. The van der Waals surface area contributed by atoms with Crippen LogP contribution in [0.3, 0.4) is 0 Å². The molecule has 0 unspecified atom stereocenters. The molecule has 15 heavy (non-hydrogen) atoms. The van der Waals surface area contributed by atoms with Gasteiger partial charge in [-0.05, 0) is 13.5 Å². The lowest BCUT2D eigenvalue weighted by Gasteiger charge is -2.13. The third kappa shape index (κ3) is 4.25. The summed E-state index contributed by atoms with van der Waals surface area (Å²) >= 11 is 0. The second-order valence-electron chi connectivity index (χ2n) is 3.98. The van der Waals surface area contributed by atoms with Crippen molar-refractivity contribution in [1.82, 2.24) is 14.7 Å². The fourth-order valence-corrected chi connectivity index (χ4v) is 1.58. The Balaban J connectivity index is 2.35. The Morgan fingerprint density at radius 1 is 1.60 bits per heavy atom. The van der Waals surface area contributed by atoms with Gasteiger partial charge >= 0.3 is 0 Å². The van der Waals surface area contributed by atoms with Crippen molar-refractivity contribution in [2.75, 3.05) is 13.6 Å². The molecule has 0 aliphatic carbocycles. The summed E-state index contributed by atoms with van der Waals surface area (Å²) < 4.78 is 1.77. The van der Waals surface area contributed by atoms with Crippen LogP contribution in [0, 0.1) is 0 Å². The SMILES string of the molecule is CCCC(=O)CN(C)Cc1cnn(C)c1. The van der Waals surface area contributed by atoms with Crippen LogP contribution in [0.2, 0.25) is 0 Å². The van der Waals surface area contributed by atoms with E-state index in [1.807, 2.05) is 38.3 Å². The number of Topliss-reactive ketones (excluding diaryl/α,β-unsaturated/α-hetero) is 1. The molecular weight excluding hydrogens is 190 g/mol. The Morgan fingerprint density at radius 2 is 2.33 bits per heavy atom. The van der Waals surface area contributed by atoms with E-state index in [2.05, 4.69) is 5.10 Å². The average Bonchev–Trinajstić information content (AvgIpc) is 2.51. The highest BCUT2D eigenvalue weighted by atomic mass is 16.1. The van der Waals surface area contributed by atoms with E-state index in [-0.39, 0.29) is 0 Å². The molecule has 0 aliphatic rings. The Morgan fingerprint density at radius 3 is 2.87 bits per heavy atom. The van der Waals surface area contributed by atoms with Crippen LogP contribution >= 0.6 is 0 Å². The zero-order chi connectivity index (χ0) is 11.3. The summed E-state index contributed by atoms with van der Waals surface area (Å²) in [5.74, 6) is 0.309. The fourth-order valence-electron chi connectivity index (χ4n) is 1.58. The third-order valence-corrected chi connectivity index (χ3v) is 2.19. The normalized spacial score (nSPS) is 10.9. The van der Waals surface area contributed by atoms with Crippen LogP contribution in [0.5, 0.6) is 0 Å². The van der Waals surface area contributed by atoms with Crippen LogP contribution in [-0.4, -0.2) is 34.1 Å². The van der Waals surface area contributed by atoms with Crippen molar-refractivity contribution in [3.63, 3.8) is 0 Å². The molecule has 1 aromatic heterocycles. The van der Waals surface area contributed by atoms with Gasteiger partial charge in [0.15, 0.2) is 0 Å². The lowest BCUT2D eigenvalue weighted by atomic mass is 10.2. The van der Waals surface area contributed by atoms with Crippen LogP contribution in [0.25, 0.3) is 0 Å². The number of aryl methyl sites for hydroxylation is 1. The summed E-state index contributed by atoms with van der Waals surface area (Å²) in [5.41, 5.74) is 1.14. The van der Waals surface area contributed by atoms with E-state index in [0.717, 1.165) is 18.5 Å². The fraction of sp³-hybridized carbons (Fsp3) is 0.636. The lowest BCUT2D eigenvalue weighted by Crippen LogP contribution is -2.25. The Kier molecular flexibility index (Phi) is 4.49. The maximum Gasteiger partial charge on any atom is 0.146 e. The van der Waals surface area contributed by atoms with Gasteiger partial charge in [0.1, 0.15) is 5.78 Å². The van der Waals surface area contributed by atoms with Crippen molar-refractivity contribution in [1.29, 1.82) is 0 Å². The van der Waals surface area contributed by atoms with Crippen molar-refractivity contribution in [2.45, 2.75) is 26.3 Å². The second-order valence-corrected chi connectivity index (χ2v) is 3.98. The maximum atomic E-state index is 11.4. The standard InChI is InChI=1S/C11H19N3O/c1-4-5-11(15)9-13(2)7-10-6-12-14(3)8-10/h6,8H,4-5,7,9H2,1-3H3. The van der Waals surface area contributed by atoms with Gasteiger partial charge in [0.05, 0.1) is 12.7 Å². The van der Waals surface area contributed by atoms with Crippen molar-refractivity contribution in [2.24, 2.45) is 7.05 Å². The molecule has 0 aromatic carbocycles. The number of rotatable bonds is 6. The number of nitrogens with zero attached hydrogens (tertiary/aromatic N) is 3. The number of hydrogen-bond acceptors (Lipinski definition) is 3. The largest absolute Gasteiger partial charge is 0.298 e. The van der Waals surface area contributed by atoms with Crippen LogP contribution < -0.4 is 0 Å². The number of ketones is 1. The van der Waals surface area contributed by atoms with Gasteiger partial charge < -0.3 is 0 Å². The van der Waals surface area contributed by atoms with E-state index in [9.17, 15) is 4.79 Å². The summed E-state index contributed by atoms with van der Waals surface area (Å²) in [4.78, 5) is 13.4. The topological polar surface area (TPSA) is 38.1 Å². The van der Waals surface area contributed by atoms with Crippen molar-refractivity contribution < 1.29 is 4.79 Å². The summed E-state index contributed by atoms with van der Waals surface area (Å²) in [6, 6.07) is 0. The van der Waals surface area contributed by atoms with Gasteiger partial charge in [-0.25, -0.2) is 0 Å². The molecule has 0 saturated heterocycles. The maximum absolute atomic E-state index is 11.4. The van der Waals surface area contributed by atoms with Gasteiger partial charge in [0.2, 0.25) is 0 Å². The summed E-state index contributed by atoms with van der Waals surface area (Å²) in [6.07, 6.45) is 5.42. The van der Waals surface area contributed by atoms with Gasteiger partial charge in [0, 0.05) is 31.8 Å². The monoisotopic (exact) mass is 209 g/mol. The summed E-state index contributed by atoms with van der Waals surface area (Å²) in [6.45, 7) is 3.34. The molecule has 0 spiro atoms. The van der Waals surface area contributed by atoms with Crippen molar-refractivity contribution in [3.05, 3.63) is 18.0 Å². The quantitative estimate of drug-likeness (QED) is 0.707. The first-order valence-corrected chi connectivity index (χ1v) is 5.29. The minimum Gasteiger partial charge on any atom is -0.298 e. The first-order valence-electron chi connectivity index (χ1n) is 5.29. The highest BCUT2D eigenvalue weighted by Gasteiger charge is 2.06. The van der Waals surface area contributed by atoms with Crippen LogP contribution in [0.4, 0.5) is 0 Å². The van der Waals surface area contributed by atoms with E-state index >= 15 is 0 Å². The molecule has 0 atom stereocenters. The Bertz CT molecular complexity index is 319. The van der Waals surface area contributed by atoms with E-state index < -0.39 is 0 Å². The molecular formula is C11H19N3O. The summed E-state index contributed by atoms with van der Waals surface area (Å²) in [7, 11) is 3.85. The van der Waals surface area contributed by atoms with E-state index in [1.165, 1.54) is 0 Å². The lowest BCUT2D eigenvalue weighted by molar-refractivity contribution is -0.120. The second kappa shape index (κ2) is 5.66. The molecule has 0 fully saturated rings. The van der Waals surface area contributed by atoms with Crippen molar-refractivity contribution in [3.8, 4) is 0 Å². The molecule has 1 heterocycles. The molecule has 0 radical (unpaired) electrons. The molecule has 0 aliphatic heterocycles. The van der Waals surface area contributed by atoms with E-state index in [1.54, 1.807) is 4.68 Å². The predicted molar refractivity (Wildman–Crippen MR) is 59.5 cm³/mol. The number of carbonyl (C=O) groups is 1. The first kappa shape index (κ1) is 11.9. The van der Waals surface area contributed by atoms with Gasteiger partial charge in [-0.2, -0.15) is 5.10 Å². The number of carbonyl (C=O) groups excluding carboxylic acids is 1. The number of aromatic nitrogens is 2. The van der Waals surface area contributed by atoms with Gasteiger partial charge in [0.25, 0.3) is 0 Å². The van der Waals surface area contributed by atoms with Gasteiger partial charge in [-0.3, -0.25) is 14.4 Å². The molecule has 4 nitrogen and oxygen atoms in total. The Hall–Kier alpha value is -1.16. The number of hydrogen-bond donors (Lipinski definition) is 0. The van der Waals surface area contributed by atoms with Crippen LogP contribution in [-0.2, 0) is 18.4 Å². The smallest absolute Gasteiger partial charge is 0.146 e. The molecule has 0 saturated carbocycles.